The van der Waals surface area contributed by atoms with E-state index in [2.05, 4.69) is 15.4 Å². The molecule has 0 radical (unpaired) electrons. The fourth-order valence-electron chi connectivity index (χ4n) is 1.99. The van der Waals surface area contributed by atoms with Gasteiger partial charge in [-0.2, -0.15) is 5.10 Å². The number of carboxylic acids is 1. The number of nitrogens with one attached hydrogen (secondary N) is 1. The van der Waals surface area contributed by atoms with Crippen LogP contribution in [0.1, 0.15) is 30.1 Å². The van der Waals surface area contributed by atoms with Crippen LogP contribution >= 0.6 is 0 Å². The van der Waals surface area contributed by atoms with E-state index >= 15 is 0 Å². The van der Waals surface area contributed by atoms with E-state index in [1.165, 1.54) is 0 Å². The Morgan fingerprint density at radius 2 is 2.09 bits per heavy atom. The van der Waals surface area contributed by atoms with Crippen molar-refractivity contribution in [2.45, 2.75) is 26.8 Å². The van der Waals surface area contributed by atoms with Crippen LogP contribution in [0.2, 0.25) is 0 Å². The summed E-state index contributed by atoms with van der Waals surface area (Å²) in [6.07, 6.45) is 3.28. The highest BCUT2D eigenvalue weighted by Crippen LogP contribution is 2.21. The molecule has 118 valence electrons. The number of hydrogen-bond donors (Lipinski definition) is 2. The van der Waals surface area contributed by atoms with E-state index in [0.717, 1.165) is 0 Å². The van der Waals surface area contributed by atoms with Gasteiger partial charge in [-0.15, -0.1) is 0 Å². The van der Waals surface area contributed by atoms with Crippen LogP contribution in [0, 0.1) is 12.8 Å². The second-order valence-corrected chi connectivity index (χ2v) is 5.36. The SMILES string of the molecule is Cc1oc(-c2cnn(C)c2)nc1C(=O)N[C@@H](C(=O)O)C(C)C. The van der Waals surface area contributed by atoms with Gasteiger partial charge in [-0.25, -0.2) is 9.78 Å². The maximum atomic E-state index is 12.2. The van der Waals surface area contributed by atoms with Gasteiger partial charge in [0.1, 0.15) is 11.8 Å². The average molecular weight is 306 g/mol. The molecule has 0 fully saturated rings. The predicted octanol–water partition coefficient (Wildman–Crippen LogP) is 1.22. The zero-order valence-electron chi connectivity index (χ0n) is 12.8. The first-order valence-electron chi connectivity index (χ1n) is 6.79. The number of carbonyl (C=O) groups excluding carboxylic acids is 1. The summed E-state index contributed by atoms with van der Waals surface area (Å²) >= 11 is 0. The molecule has 0 unspecified atom stereocenters. The van der Waals surface area contributed by atoms with Crippen molar-refractivity contribution >= 4 is 11.9 Å². The number of aliphatic carboxylic acids is 1. The molecule has 1 amide bonds. The number of aryl methyl sites for hydroxylation is 2. The molecular weight excluding hydrogens is 288 g/mol. The molecule has 8 heteroatoms. The van der Waals surface area contributed by atoms with Crippen molar-refractivity contribution in [3.8, 4) is 11.5 Å². The number of nitrogens with zero attached hydrogens (tertiary/aromatic N) is 3. The topological polar surface area (TPSA) is 110 Å². The third-order valence-electron chi connectivity index (χ3n) is 3.18. The summed E-state index contributed by atoms with van der Waals surface area (Å²) < 4.78 is 7.06. The number of carbonyl (C=O) groups is 2. The molecule has 2 N–H and O–H groups in total. The predicted molar refractivity (Wildman–Crippen MR) is 77.2 cm³/mol. The molecule has 2 aromatic rings. The van der Waals surface area contributed by atoms with E-state index in [0.29, 0.717) is 11.3 Å². The van der Waals surface area contributed by atoms with E-state index in [1.54, 1.807) is 44.9 Å². The van der Waals surface area contributed by atoms with Gasteiger partial charge in [-0.1, -0.05) is 13.8 Å². The molecule has 0 aliphatic carbocycles. The van der Waals surface area contributed by atoms with Crippen molar-refractivity contribution in [1.29, 1.82) is 0 Å². The number of amides is 1. The number of rotatable bonds is 5. The monoisotopic (exact) mass is 306 g/mol. The quantitative estimate of drug-likeness (QED) is 0.859. The summed E-state index contributed by atoms with van der Waals surface area (Å²) in [6, 6.07) is -0.981. The third-order valence-corrected chi connectivity index (χ3v) is 3.18. The molecule has 2 aromatic heterocycles. The highest BCUT2D eigenvalue weighted by molar-refractivity contribution is 5.96. The standard InChI is InChI=1S/C14H18N4O4/c1-7(2)10(14(20)21)16-12(19)11-8(3)22-13(17-11)9-5-15-18(4)6-9/h5-7,10H,1-4H3,(H,16,19)(H,20,21)/t10-/m1/s1. The van der Waals surface area contributed by atoms with E-state index in [-0.39, 0.29) is 17.5 Å². The molecule has 22 heavy (non-hydrogen) atoms. The van der Waals surface area contributed by atoms with Crippen LogP contribution in [-0.4, -0.2) is 37.8 Å². The molecule has 0 saturated heterocycles. The summed E-state index contributed by atoms with van der Waals surface area (Å²) in [6.45, 7) is 5.04. The van der Waals surface area contributed by atoms with Gasteiger partial charge in [0, 0.05) is 13.2 Å². The number of oxazole rings is 1. The van der Waals surface area contributed by atoms with Gasteiger partial charge in [-0.05, 0) is 12.8 Å². The second kappa shape index (κ2) is 6.00. The van der Waals surface area contributed by atoms with Crippen LogP contribution < -0.4 is 5.32 Å². The van der Waals surface area contributed by atoms with Gasteiger partial charge in [0.05, 0.1) is 11.8 Å². The van der Waals surface area contributed by atoms with Crippen LogP contribution in [-0.2, 0) is 11.8 Å². The highest BCUT2D eigenvalue weighted by atomic mass is 16.4. The highest BCUT2D eigenvalue weighted by Gasteiger charge is 2.27. The molecule has 2 rings (SSSR count). The van der Waals surface area contributed by atoms with Gasteiger partial charge in [0.25, 0.3) is 5.91 Å². The van der Waals surface area contributed by atoms with Gasteiger partial charge in [-0.3, -0.25) is 9.48 Å². The Balaban J connectivity index is 2.24. The van der Waals surface area contributed by atoms with E-state index in [4.69, 9.17) is 9.52 Å². The van der Waals surface area contributed by atoms with Crippen LogP contribution in [0.25, 0.3) is 11.5 Å². The number of carboxylic acid groups (broad SMARTS) is 1. The van der Waals surface area contributed by atoms with Crippen molar-refractivity contribution < 1.29 is 19.1 Å². The lowest BCUT2D eigenvalue weighted by Gasteiger charge is -2.17. The van der Waals surface area contributed by atoms with E-state index < -0.39 is 17.9 Å². The molecule has 0 aliphatic rings. The lowest BCUT2D eigenvalue weighted by atomic mass is 10.0. The largest absolute Gasteiger partial charge is 0.480 e. The minimum Gasteiger partial charge on any atom is -0.480 e. The number of hydrogen-bond acceptors (Lipinski definition) is 5. The fourth-order valence-corrected chi connectivity index (χ4v) is 1.99. The molecule has 0 saturated carbocycles. The zero-order chi connectivity index (χ0) is 16.4. The molecule has 0 bridgehead atoms. The minimum atomic E-state index is -1.09. The minimum absolute atomic E-state index is 0.0748. The van der Waals surface area contributed by atoms with Crippen molar-refractivity contribution in [1.82, 2.24) is 20.1 Å². The smallest absolute Gasteiger partial charge is 0.326 e. The fraction of sp³-hybridized carbons (Fsp3) is 0.429. The Hall–Kier alpha value is -2.64. The Morgan fingerprint density at radius 3 is 2.59 bits per heavy atom. The molecule has 1 atom stereocenters. The molecular formula is C14H18N4O4. The first-order chi connectivity index (χ1) is 10.3. The Kier molecular flexibility index (Phi) is 4.30. The summed E-state index contributed by atoms with van der Waals surface area (Å²) in [7, 11) is 1.76. The van der Waals surface area contributed by atoms with Gasteiger partial charge in [0.2, 0.25) is 5.89 Å². The first kappa shape index (κ1) is 15.7. The van der Waals surface area contributed by atoms with Crippen molar-refractivity contribution in [3.05, 3.63) is 23.8 Å². The lowest BCUT2D eigenvalue weighted by molar-refractivity contribution is -0.140. The number of aromatic nitrogens is 3. The maximum Gasteiger partial charge on any atom is 0.326 e. The Labute approximate surface area is 127 Å². The van der Waals surface area contributed by atoms with Crippen LogP contribution in [0.5, 0.6) is 0 Å². The average Bonchev–Trinajstić information content (AvgIpc) is 3.01. The summed E-state index contributed by atoms with van der Waals surface area (Å²) in [5.74, 6) is -1.31. The molecule has 8 nitrogen and oxygen atoms in total. The van der Waals surface area contributed by atoms with E-state index in [9.17, 15) is 9.59 Å². The summed E-state index contributed by atoms with van der Waals surface area (Å²) in [5, 5.41) is 15.6. The third kappa shape index (κ3) is 3.16. The molecule has 0 spiro atoms. The van der Waals surface area contributed by atoms with Crippen molar-refractivity contribution in [2.24, 2.45) is 13.0 Å². The maximum absolute atomic E-state index is 12.2. The lowest BCUT2D eigenvalue weighted by Crippen LogP contribution is -2.44. The molecule has 2 heterocycles. The van der Waals surface area contributed by atoms with Gasteiger partial charge >= 0.3 is 5.97 Å². The normalized spacial score (nSPS) is 12.4. The van der Waals surface area contributed by atoms with E-state index in [1.807, 2.05) is 0 Å². The van der Waals surface area contributed by atoms with Crippen LogP contribution in [0.15, 0.2) is 16.8 Å². The van der Waals surface area contributed by atoms with Gasteiger partial charge in [0.15, 0.2) is 5.69 Å². The molecule has 0 aromatic carbocycles. The van der Waals surface area contributed by atoms with Crippen molar-refractivity contribution in [3.63, 3.8) is 0 Å². The second-order valence-electron chi connectivity index (χ2n) is 5.36. The van der Waals surface area contributed by atoms with Gasteiger partial charge < -0.3 is 14.8 Å². The summed E-state index contributed by atoms with van der Waals surface area (Å²) in [5.41, 5.74) is 0.717. The Bertz CT molecular complexity index is 702. The summed E-state index contributed by atoms with van der Waals surface area (Å²) in [4.78, 5) is 27.5. The zero-order valence-corrected chi connectivity index (χ0v) is 12.8. The van der Waals surface area contributed by atoms with Crippen LogP contribution in [0.3, 0.4) is 0 Å². The first-order valence-corrected chi connectivity index (χ1v) is 6.79. The van der Waals surface area contributed by atoms with Crippen LogP contribution in [0.4, 0.5) is 0 Å². The molecule has 0 aliphatic heterocycles. The Morgan fingerprint density at radius 1 is 1.41 bits per heavy atom. The van der Waals surface area contributed by atoms with Crippen molar-refractivity contribution in [2.75, 3.05) is 0 Å².